The second-order valence-electron chi connectivity index (χ2n) is 20.0. The largest absolute Gasteiger partial charge is 0.454 e. The fourth-order valence-corrected chi connectivity index (χ4v) is 11.0. The van der Waals surface area contributed by atoms with Crippen molar-refractivity contribution in [2.24, 2.45) is 0 Å². The maximum Gasteiger partial charge on any atom is 0.159 e. The molecule has 0 saturated heterocycles. The first kappa shape index (κ1) is 41.8. The summed E-state index contributed by atoms with van der Waals surface area (Å²) >= 11 is 0. The lowest BCUT2D eigenvalue weighted by molar-refractivity contribution is 0.668. The van der Waals surface area contributed by atoms with E-state index in [1.165, 1.54) is 54.6 Å². The van der Waals surface area contributed by atoms with E-state index in [0.717, 1.165) is 78.0 Å². The minimum absolute atomic E-state index is 0.246. The van der Waals surface area contributed by atoms with Gasteiger partial charge in [0.25, 0.3) is 0 Å². The molecule has 0 amide bonds. The van der Waals surface area contributed by atoms with Crippen molar-refractivity contribution in [2.75, 3.05) is 9.80 Å². The SMILES string of the molecule is CC(C)c1ccc(N(c2cc(C(C)C)c3ccc4c(N(c5ccc(C(C)C)cc5)c5cccc6c5oc5ccccc56)cc(C(C)C)c5ccc2c3c54)c2cccc3c2oc2ccccc23)cc1. The average Bonchev–Trinajstić information content (AvgIpc) is 3.93. The van der Waals surface area contributed by atoms with Crippen LogP contribution in [0.15, 0.2) is 179 Å². The Balaban J connectivity index is 1.20. The summed E-state index contributed by atoms with van der Waals surface area (Å²) in [5.74, 6) is 1.32. The zero-order chi connectivity index (χ0) is 46.5. The molecule has 12 rings (SSSR count). The van der Waals surface area contributed by atoms with E-state index in [9.17, 15) is 0 Å². The number of anilines is 6. The summed E-state index contributed by atoms with van der Waals surface area (Å²) < 4.78 is 13.7. The first-order chi connectivity index (χ1) is 33.0. The minimum Gasteiger partial charge on any atom is -0.454 e. The highest BCUT2D eigenvalue weighted by Gasteiger charge is 2.28. The number of para-hydroxylation sites is 4. The normalized spacial score (nSPS) is 12.4. The Morgan fingerprint density at radius 2 is 0.676 bits per heavy atom. The van der Waals surface area contributed by atoms with Gasteiger partial charge in [-0.25, -0.2) is 0 Å². The lowest BCUT2D eigenvalue weighted by Crippen LogP contribution is -2.13. The molecule has 10 aromatic carbocycles. The number of hydrogen-bond donors (Lipinski definition) is 0. The van der Waals surface area contributed by atoms with Gasteiger partial charge in [-0.1, -0.05) is 165 Å². The van der Waals surface area contributed by atoms with Gasteiger partial charge >= 0.3 is 0 Å². The fraction of sp³-hybridized carbons (Fsp3) is 0.188. The van der Waals surface area contributed by atoms with Gasteiger partial charge in [-0.05, 0) is 128 Å². The van der Waals surface area contributed by atoms with Crippen LogP contribution >= 0.6 is 0 Å². The molecule has 0 N–H and O–H groups in total. The van der Waals surface area contributed by atoms with Gasteiger partial charge in [-0.3, -0.25) is 0 Å². The van der Waals surface area contributed by atoms with Crippen molar-refractivity contribution in [3.05, 3.63) is 192 Å². The Labute approximate surface area is 398 Å². The zero-order valence-corrected chi connectivity index (χ0v) is 40.2. The van der Waals surface area contributed by atoms with Gasteiger partial charge < -0.3 is 18.6 Å². The number of fused-ring (bicyclic) bond motifs is 6. The Bertz CT molecular complexity index is 3610. The number of furan rings is 2. The molecule has 2 heterocycles. The number of hydrogen-bond acceptors (Lipinski definition) is 4. The van der Waals surface area contributed by atoms with Crippen molar-refractivity contribution in [3.8, 4) is 0 Å². The van der Waals surface area contributed by atoms with E-state index in [1.807, 2.05) is 0 Å². The van der Waals surface area contributed by atoms with Crippen molar-refractivity contribution in [3.63, 3.8) is 0 Å². The molecule has 0 aliphatic rings. The van der Waals surface area contributed by atoms with E-state index in [2.05, 4.69) is 235 Å². The third-order valence-corrected chi connectivity index (χ3v) is 14.5. The number of rotatable bonds is 10. The van der Waals surface area contributed by atoms with Crippen LogP contribution in [-0.2, 0) is 0 Å². The van der Waals surface area contributed by atoms with Crippen LogP contribution in [0, 0.1) is 0 Å². The number of benzene rings is 10. The summed E-state index contributed by atoms with van der Waals surface area (Å²) in [6.45, 7) is 18.4. The monoisotopic (exact) mass is 884 g/mol. The van der Waals surface area contributed by atoms with Crippen molar-refractivity contribution in [1.82, 2.24) is 0 Å². The van der Waals surface area contributed by atoms with Crippen molar-refractivity contribution < 1.29 is 8.83 Å². The van der Waals surface area contributed by atoms with Crippen LogP contribution in [0.4, 0.5) is 34.1 Å². The molecule has 0 atom stereocenters. The predicted molar refractivity (Wildman–Crippen MR) is 290 cm³/mol. The Kier molecular flexibility index (Phi) is 9.88. The maximum atomic E-state index is 6.86. The lowest BCUT2D eigenvalue weighted by Gasteiger charge is -2.31. The molecule has 0 unspecified atom stereocenters. The Hall–Kier alpha value is -7.56. The molecule has 4 nitrogen and oxygen atoms in total. The molecular weight excluding hydrogens is 829 g/mol. The molecule has 0 spiro atoms. The van der Waals surface area contributed by atoms with Crippen molar-refractivity contribution >= 4 is 110 Å². The standard InChI is InChI=1S/C64H56N2O2/c1-37(2)41-23-27-43(28-24-41)65(55-19-13-17-49-45-15-9-11-21-59(45)67-63(49)55)57-35-53(39(5)6)47-32-34-52-58(36-54(40(7)8)48-31-33-51(57)61(47)62(48)52)66(44-29-25-42(26-30-44)38(3)4)56-20-14-18-50-46-16-10-12-22-60(46)68-64(50)56/h9-40H,1-8H3. The highest BCUT2D eigenvalue weighted by Crippen LogP contribution is 2.53. The van der Waals surface area contributed by atoms with Gasteiger partial charge in [0.15, 0.2) is 11.2 Å². The van der Waals surface area contributed by atoms with Crippen LogP contribution in [-0.4, -0.2) is 0 Å². The van der Waals surface area contributed by atoms with Gasteiger partial charge in [0.1, 0.15) is 11.2 Å². The summed E-state index contributed by atoms with van der Waals surface area (Å²) in [5, 5.41) is 12.0. The smallest absolute Gasteiger partial charge is 0.159 e. The first-order valence-electron chi connectivity index (χ1n) is 24.4. The van der Waals surface area contributed by atoms with Crippen LogP contribution in [0.5, 0.6) is 0 Å². The number of nitrogens with zero attached hydrogens (tertiary/aromatic N) is 2. The highest BCUT2D eigenvalue weighted by atomic mass is 16.3. The van der Waals surface area contributed by atoms with E-state index in [-0.39, 0.29) is 11.8 Å². The second kappa shape index (κ2) is 16.1. The van der Waals surface area contributed by atoms with Gasteiger partial charge in [-0.15, -0.1) is 0 Å². The zero-order valence-electron chi connectivity index (χ0n) is 40.2. The summed E-state index contributed by atoms with van der Waals surface area (Å²) in [6, 6.07) is 62.8. The molecule has 334 valence electrons. The fourth-order valence-electron chi connectivity index (χ4n) is 11.0. The molecule has 68 heavy (non-hydrogen) atoms. The van der Waals surface area contributed by atoms with Gasteiger partial charge in [0.05, 0.1) is 22.7 Å². The molecular formula is C64H56N2O2. The van der Waals surface area contributed by atoms with Crippen LogP contribution in [0.1, 0.15) is 101 Å². The maximum absolute atomic E-state index is 6.86. The Morgan fingerprint density at radius 3 is 1.06 bits per heavy atom. The van der Waals surface area contributed by atoms with Crippen LogP contribution in [0.3, 0.4) is 0 Å². The molecule has 0 bridgehead atoms. The van der Waals surface area contributed by atoms with E-state index < -0.39 is 0 Å². The first-order valence-corrected chi connectivity index (χ1v) is 24.4. The topological polar surface area (TPSA) is 32.8 Å². The quantitative estimate of drug-likeness (QED) is 0.128. The van der Waals surface area contributed by atoms with E-state index >= 15 is 0 Å². The minimum atomic E-state index is 0.246. The summed E-state index contributed by atoms with van der Waals surface area (Å²) in [6.07, 6.45) is 0. The van der Waals surface area contributed by atoms with Gasteiger partial charge in [-0.2, -0.15) is 0 Å². The van der Waals surface area contributed by atoms with Crippen LogP contribution in [0.25, 0.3) is 76.2 Å². The third-order valence-electron chi connectivity index (χ3n) is 14.5. The molecule has 4 heteroatoms. The third kappa shape index (κ3) is 6.48. The molecule has 0 aliphatic carbocycles. The lowest BCUT2D eigenvalue weighted by atomic mass is 9.84. The molecule has 0 saturated carbocycles. The molecule has 2 aromatic heterocycles. The molecule has 0 aliphatic heterocycles. The van der Waals surface area contributed by atoms with E-state index in [4.69, 9.17) is 8.83 Å². The molecule has 0 fully saturated rings. The molecule has 12 aromatic rings. The Morgan fingerprint density at radius 1 is 0.309 bits per heavy atom. The van der Waals surface area contributed by atoms with Crippen molar-refractivity contribution in [2.45, 2.75) is 79.1 Å². The van der Waals surface area contributed by atoms with E-state index in [0.29, 0.717) is 11.8 Å². The summed E-state index contributed by atoms with van der Waals surface area (Å²) in [7, 11) is 0. The van der Waals surface area contributed by atoms with Crippen molar-refractivity contribution in [1.29, 1.82) is 0 Å². The molecule has 0 radical (unpaired) electrons. The van der Waals surface area contributed by atoms with Crippen LogP contribution < -0.4 is 9.80 Å². The average molecular weight is 885 g/mol. The summed E-state index contributed by atoms with van der Waals surface area (Å²) in [5.41, 5.74) is 15.2. The highest BCUT2D eigenvalue weighted by molar-refractivity contribution is 6.30. The second-order valence-corrected chi connectivity index (χ2v) is 20.0. The van der Waals surface area contributed by atoms with Crippen LogP contribution in [0.2, 0.25) is 0 Å². The summed E-state index contributed by atoms with van der Waals surface area (Å²) in [4.78, 5) is 4.92. The predicted octanol–water partition coefficient (Wildman–Crippen LogP) is 19.8. The van der Waals surface area contributed by atoms with Gasteiger partial charge in [0, 0.05) is 43.7 Å². The van der Waals surface area contributed by atoms with Gasteiger partial charge in [0.2, 0.25) is 0 Å². The van der Waals surface area contributed by atoms with E-state index in [1.54, 1.807) is 0 Å².